The van der Waals surface area contributed by atoms with E-state index in [0.717, 1.165) is 32.3 Å². The maximum atomic E-state index is 12.7. The van der Waals surface area contributed by atoms with Gasteiger partial charge < -0.3 is 25.1 Å². The summed E-state index contributed by atoms with van der Waals surface area (Å²) in [6, 6.07) is 3.54. The second-order valence-corrected chi connectivity index (χ2v) is 7.37. The van der Waals surface area contributed by atoms with Crippen LogP contribution in [0, 0.1) is 0 Å². The Labute approximate surface area is 173 Å². The van der Waals surface area contributed by atoms with E-state index >= 15 is 0 Å². The minimum atomic E-state index is -0.590. The molecule has 9 nitrogen and oxygen atoms in total. The summed E-state index contributed by atoms with van der Waals surface area (Å²) in [6.07, 6.45) is 5.25. The van der Waals surface area contributed by atoms with Gasteiger partial charge in [0, 0.05) is 19.7 Å². The van der Waals surface area contributed by atoms with Crippen molar-refractivity contribution in [1.29, 1.82) is 0 Å². The summed E-state index contributed by atoms with van der Waals surface area (Å²) in [7, 11) is 0. The fourth-order valence-electron chi connectivity index (χ4n) is 3.29. The zero-order valence-corrected chi connectivity index (χ0v) is 17.3. The largest absolute Gasteiger partial charge is 0.467 e. The van der Waals surface area contributed by atoms with E-state index in [2.05, 4.69) is 10.3 Å². The molecule has 2 aromatic rings. The third-order valence-electron chi connectivity index (χ3n) is 4.86. The summed E-state index contributed by atoms with van der Waals surface area (Å²) in [4.78, 5) is 28.9. The van der Waals surface area contributed by atoms with Gasteiger partial charge in [-0.05, 0) is 43.6 Å². The van der Waals surface area contributed by atoms with Crippen molar-refractivity contribution in [2.24, 2.45) is 0 Å². The lowest BCUT2D eigenvalue weighted by molar-refractivity contribution is 0.114. The molecule has 0 amide bonds. The Morgan fingerprint density at radius 2 is 2.31 bits per heavy atom. The van der Waals surface area contributed by atoms with Crippen molar-refractivity contribution in [3.05, 3.63) is 45.0 Å². The van der Waals surface area contributed by atoms with Crippen LogP contribution in [0.4, 0.5) is 11.5 Å². The fourth-order valence-corrected chi connectivity index (χ4v) is 3.53. The van der Waals surface area contributed by atoms with Gasteiger partial charge in [-0.2, -0.15) is 0 Å². The number of nitrogens with two attached hydrogens (primary N) is 1. The lowest BCUT2D eigenvalue weighted by Gasteiger charge is -2.27. The number of unbranched alkanes of at least 4 members (excludes halogenated alkanes) is 1. The molecule has 1 aliphatic rings. The summed E-state index contributed by atoms with van der Waals surface area (Å²) in [5.41, 5.74) is 5.28. The van der Waals surface area contributed by atoms with E-state index < -0.39 is 11.2 Å². The number of H-pyrrole nitrogens is 1. The Morgan fingerprint density at radius 3 is 2.97 bits per heavy atom. The molecule has 0 bridgehead atoms. The Morgan fingerprint density at radius 1 is 1.48 bits per heavy atom. The summed E-state index contributed by atoms with van der Waals surface area (Å²) < 4.78 is 12.4. The molecule has 0 spiro atoms. The molecule has 1 atom stereocenters. The van der Waals surface area contributed by atoms with Crippen LogP contribution in [-0.2, 0) is 17.8 Å². The third kappa shape index (κ3) is 5.07. The van der Waals surface area contributed by atoms with Crippen molar-refractivity contribution in [3.63, 3.8) is 0 Å². The molecule has 4 N–H and O–H groups in total. The average molecular weight is 422 g/mol. The van der Waals surface area contributed by atoms with E-state index in [0.29, 0.717) is 24.0 Å². The number of nitrogens with one attached hydrogen (secondary N) is 2. The lowest BCUT2D eigenvalue weighted by atomic mass is 10.2. The number of thiocarbonyl (C=S) groups is 1. The second-order valence-electron chi connectivity index (χ2n) is 6.98. The van der Waals surface area contributed by atoms with Gasteiger partial charge in [-0.1, -0.05) is 13.3 Å². The standard InChI is InChI=1S/C19H27N5O4S/c1-2-3-8-23-16(20)15(17(25)22-18(23)26)24(12-14-7-5-10-28-14)19(29)21-11-13-6-4-9-27-13/h5,7,10,13H,2-4,6,8-9,11-12,20H2,1H3,(H,21,29)(H,22,25,26)/t13-/m1/s1. The smallest absolute Gasteiger partial charge is 0.330 e. The van der Waals surface area contributed by atoms with Gasteiger partial charge in [-0.15, -0.1) is 0 Å². The van der Waals surface area contributed by atoms with Crippen LogP contribution >= 0.6 is 12.2 Å². The number of aromatic nitrogens is 2. The SMILES string of the molecule is CCCCn1c(N)c(N(Cc2ccco2)C(=S)NC[C@H]2CCCO2)c(=O)[nH]c1=O. The normalized spacial score (nSPS) is 16.1. The van der Waals surface area contributed by atoms with Crippen molar-refractivity contribution in [2.45, 2.75) is 51.8 Å². The zero-order valence-electron chi connectivity index (χ0n) is 16.5. The molecule has 0 aliphatic carbocycles. The highest BCUT2D eigenvalue weighted by Gasteiger charge is 2.24. The molecule has 0 aromatic carbocycles. The fraction of sp³-hybridized carbons (Fsp3) is 0.526. The number of furan rings is 1. The molecule has 0 saturated carbocycles. The quantitative estimate of drug-likeness (QED) is 0.550. The maximum absolute atomic E-state index is 12.7. The van der Waals surface area contributed by atoms with E-state index in [9.17, 15) is 9.59 Å². The first-order valence-corrected chi connectivity index (χ1v) is 10.2. The molecule has 10 heteroatoms. The number of hydrogen-bond donors (Lipinski definition) is 3. The molecular formula is C19H27N5O4S. The predicted octanol–water partition coefficient (Wildman–Crippen LogP) is 1.57. The lowest BCUT2D eigenvalue weighted by Crippen LogP contribution is -2.46. The molecular weight excluding hydrogens is 394 g/mol. The molecule has 1 saturated heterocycles. The second kappa shape index (κ2) is 9.75. The van der Waals surface area contributed by atoms with E-state index in [1.54, 1.807) is 23.3 Å². The summed E-state index contributed by atoms with van der Waals surface area (Å²) in [5.74, 6) is 0.691. The Hall–Kier alpha value is -2.59. The molecule has 1 aliphatic heterocycles. The first-order valence-electron chi connectivity index (χ1n) is 9.83. The van der Waals surface area contributed by atoms with Crippen molar-refractivity contribution in [3.8, 4) is 0 Å². The van der Waals surface area contributed by atoms with Crippen LogP contribution in [0.1, 0.15) is 38.4 Å². The van der Waals surface area contributed by atoms with E-state index in [1.165, 1.54) is 4.57 Å². The van der Waals surface area contributed by atoms with Crippen LogP contribution in [0.5, 0.6) is 0 Å². The average Bonchev–Trinajstić information content (AvgIpc) is 3.39. The molecule has 29 heavy (non-hydrogen) atoms. The van der Waals surface area contributed by atoms with Crippen LogP contribution in [0.3, 0.4) is 0 Å². The third-order valence-corrected chi connectivity index (χ3v) is 5.23. The first-order chi connectivity index (χ1) is 14.0. The molecule has 0 unspecified atom stereocenters. The highest BCUT2D eigenvalue weighted by molar-refractivity contribution is 7.80. The van der Waals surface area contributed by atoms with Crippen LogP contribution in [0.15, 0.2) is 32.4 Å². The zero-order chi connectivity index (χ0) is 20.8. The van der Waals surface area contributed by atoms with E-state index in [1.807, 2.05) is 6.92 Å². The number of nitrogens with zero attached hydrogens (tertiary/aromatic N) is 2. The monoisotopic (exact) mass is 421 g/mol. The summed E-state index contributed by atoms with van der Waals surface area (Å²) >= 11 is 5.57. The molecule has 0 radical (unpaired) electrons. The van der Waals surface area contributed by atoms with E-state index in [4.69, 9.17) is 27.1 Å². The van der Waals surface area contributed by atoms with E-state index in [-0.39, 0.29) is 24.2 Å². The number of anilines is 2. The van der Waals surface area contributed by atoms with Gasteiger partial charge in [0.05, 0.1) is 18.9 Å². The van der Waals surface area contributed by atoms with Crippen LogP contribution in [0.2, 0.25) is 0 Å². The number of ether oxygens (including phenoxy) is 1. The molecule has 2 aromatic heterocycles. The van der Waals surface area contributed by atoms with Crippen LogP contribution in [-0.4, -0.2) is 33.9 Å². The minimum absolute atomic E-state index is 0.0764. The van der Waals surface area contributed by atoms with Crippen LogP contribution < -0.4 is 27.2 Å². The van der Waals surface area contributed by atoms with Gasteiger partial charge in [0.25, 0.3) is 5.56 Å². The number of rotatable bonds is 8. The number of aromatic amines is 1. The van der Waals surface area contributed by atoms with Gasteiger partial charge in [0.15, 0.2) is 10.8 Å². The van der Waals surface area contributed by atoms with Crippen molar-refractivity contribution in [2.75, 3.05) is 23.8 Å². The topological polar surface area (TPSA) is 119 Å². The maximum Gasteiger partial charge on any atom is 0.330 e. The van der Waals surface area contributed by atoms with Crippen LogP contribution in [0.25, 0.3) is 0 Å². The molecule has 1 fully saturated rings. The van der Waals surface area contributed by atoms with Gasteiger partial charge in [0.1, 0.15) is 11.6 Å². The Bertz CT molecular complexity index is 931. The van der Waals surface area contributed by atoms with Crippen molar-refractivity contribution >= 4 is 28.8 Å². The molecule has 3 rings (SSSR count). The number of nitrogen functional groups attached to an aromatic ring is 1. The molecule has 3 heterocycles. The predicted molar refractivity (Wildman–Crippen MR) is 115 cm³/mol. The summed E-state index contributed by atoms with van der Waals surface area (Å²) in [6.45, 7) is 3.89. The molecule has 158 valence electrons. The minimum Gasteiger partial charge on any atom is -0.467 e. The van der Waals surface area contributed by atoms with Gasteiger partial charge in [0.2, 0.25) is 0 Å². The highest BCUT2D eigenvalue weighted by atomic mass is 32.1. The van der Waals surface area contributed by atoms with Gasteiger partial charge in [-0.3, -0.25) is 14.3 Å². The van der Waals surface area contributed by atoms with Crippen molar-refractivity contribution < 1.29 is 9.15 Å². The Balaban J connectivity index is 1.93. The van der Waals surface area contributed by atoms with Gasteiger partial charge >= 0.3 is 5.69 Å². The van der Waals surface area contributed by atoms with Gasteiger partial charge in [-0.25, -0.2) is 4.79 Å². The highest BCUT2D eigenvalue weighted by Crippen LogP contribution is 2.21. The first kappa shape index (κ1) is 21.1. The van der Waals surface area contributed by atoms with Crippen molar-refractivity contribution in [1.82, 2.24) is 14.9 Å². The Kier molecular flexibility index (Phi) is 7.10. The summed E-state index contributed by atoms with van der Waals surface area (Å²) in [5, 5.41) is 3.48. The number of hydrogen-bond acceptors (Lipinski definition) is 6.